The molecule has 1 rings (SSSR count). The highest BCUT2D eigenvalue weighted by Gasteiger charge is 2.01. The summed E-state index contributed by atoms with van der Waals surface area (Å²) in [6.45, 7) is 7.23. The van der Waals surface area contributed by atoms with E-state index in [9.17, 15) is 0 Å². The molecule has 0 saturated carbocycles. The third-order valence-electron chi connectivity index (χ3n) is 2.95. The fourth-order valence-electron chi connectivity index (χ4n) is 2.00. The van der Waals surface area contributed by atoms with Crippen molar-refractivity contribution in [3.63, 3.8) is 0 Å². The zero-order valence-corrected chi connectivity index (χ0v) is 15.9. The molecule has 120 valence electrons. The van der Waals surface area contributed by atoms with Crippen LogP contribution in [-0.4, -0.2) is 44.1 Å². The van der Waals surface area contributed by atoms with Crippen molar-refractivity contribution in [1.82, 2.24) is 15.5 Å². The number of guanidine groups is 1. The van der Waals surface area contributed by atoms with Crippen molar-refractivity contribution < 1.29 is 0 Å². The van der Waals surface area contributed by atoms with E-state index in [0.29, 0.717) is 6.04 Å². The van der Waals surface area contributed by atoms with E-state index < -0.39 is 0 Å². The maximum absolute atomic E-state index is 4.19. The number of nitrogens with one attached hydrogen (secondary N) is 2. The number of benzene rings is 1. The number of halogens is 1. The lowest BCUT2D eigenvalue weighted by molar-refractivity contribution is 0.322. The summed E-state index contributed by atoms with van der Waals surface area (Å²) in [5.74, 6) is 0.880. The van der Waals surface area contributed by atoms with Gasteiger partial charge in [0.1, 0.15) is 0 Å². The topological polar surface area (TPSA) is 39.7 Å². The van der Waals surface area contributed by atoms with E-state index in [2.05, 4.69) is 71.8 Å². The molecule has 1 aromatic carbocycles. The molecule has 0 amide bonds. The van der Waals surface area contributed by atoms with Crippen LogP contribution < -0.4 is 10.6 Å². The second-order valence-electron chi connectivity index (χ2n) is 5.37. The minimum atomic E-state index is 0. The van der Waals surface area contributed by atoms with Gasteiger partial charge in [-0.1, -0.05) is 30.3 Å². The molecule has 0 atom stereocenters. The Balaban J connectivity index is 0.00000400. The van der Waals surface area contributed by atoms with Gasteiger partial charge in [-0.25, -0.2) is 0 Å². The summed E-state index contributed by atoms with van der Waals surface area (Å²) < 4.78 is 0. The van der Waals surface area contributed by atoms with Crippen molar-refractivity contribution in [2.24, 2.45) is 4.99 Å². The Morgan fingerprint density at radius 3 is 2.48 bits per heavy atom. The third-order valence-corrected chi connectivity index (χ3v) is 2.95. The Morgan fingerprint density at radius 1 is 1.24 bits per heavy atom. The molecule has 0 fully saturated rings. The minimum Gasteiger partial charge on any atom is -0.356 e. The second kappa shape index (κ2) is 11.8. The molecule has 5 heteroatoms. The quantitative estimate of drug-likeness (QED) is 0.318. The van der Waals surface area contributed by atoms with Crippen molar-refractivity contribution in [2.75, 3.05) is 27.2 Å². The maximum Gasteiger partial charge on any atom is 0.191 e. The monoisotopic (exact) mass is 404 g/mol. The maximum atomic E-state index is 4.19. The highest BCUT2D eigenvalue weighted by Crippen LogP contribution is 2.02. The first-order valence-corrected chi connectivity index (χ1v) is 7.31. The summed E-state index contributed by atoms with van der Waals surface area (Å²) in [6, 6.07) is 11.0. The van der Waals surface area contributed by atoms with E-state index in [1.807, 2.05) is 0 Å². The Hall–Kier alpha value is -0.820. The summed E-state index contributed by atoms with van der Waals surface area (Å²) in [4.78, 5) is 6.54. The Morgan fingerprint density at radius 2 is 1.90 bits per heavy atom. The molecule has 1 aromatic rings. The molecule has 0 aliphatic rings. The van der Waals surface area contributed by atoms with Crippen LogP contribution >= 0.6 is 24.0 Å². The molecule has 21 heavy (non-hydrogen) atoms. The molecule has 2 N–H and O–H groups in total. The van der Waals surface area contributed by atoms with Gasteiger partial charge in [-0.05, 0) is 39.4 Å². The first-order chi connectivity index (χ1) is 9.61. The van der Waals surface area contributed by atoms with E-state index in [-0.39, 0.29) is 24.0 Å². The normalized spacial score (nSPS) is 11.4. The van der Waals surface area contributed by atoms with Crippen molar-refractivity contribution >= 4 is 29.9 Å². The SMILES string of the molecule is CN=C(NCCCN(C)Cc1ccccc1)NC(C)C.I. The number of rotatable bonds is 7. The van der Waals surface area contributed by atoms with Gasteiger partial charge >= 0.3 is 0 Å². The zero-order valence-electron chi connectivity index (χ0n) is 13.6. The van der Waals surface area contributed by atoms with Crippen molar-refractivity contribution in [3.8, 4) is 0 Å². The van der Waals surface area contributed by atoms with Crippen LogP contribution in [0.5, 0.6) is 0 Å². The predicted molar refractivity (Wildman–Crippen MR) is 102 cm³/mol. The Bertz CT molecular complexity index is 393. The molecule has 0 aromatic heterocycles. The van der Waals surface area contributed by atoms with E-state index >= 15 is 0 Å². The molecule has 4 nitrogen and oxygen atoms in total. The van der Waals surface area contributed by atoms with Crippen LogP contribution in [0.3, 0.4) is 0 Å². The van der Waals surface area contributed by atoms with E-state index in [1.54, 1.807) is 7.05 Å². The highest BCUT2D eigenvalue weighted by atomic mass is 127. The van der Waals surface area contributed by atoms with Crippen molar-refractivity contribution in [2.45, 2.75) is 32.9 Å². The van der Waals surface area contributed by atoms with Crippen LogP contribution in [0.15, 0.2) is 35.3 Å². The molecule has 0 heterocycles. The fourth-order valence-corrected chi connectivity index (χ4v) is 2.00. The minimum absolute atomic E-state index is 0. The van der Waals surface area contributed by atoms with Crippen LogP contribution in [0.1, 0.15) is 25.8 Å². The summed E-state index contributed by atoms with van der Waals surface area (Å²) in [6.07, 6.45) is 1.10. The van der Waals surface area contributed by atoms with Crippen LogP contribution in [0, 0.1) is 0 Å². The first-order valence-electron chi connectivity index (χ1n) is 7.31. The van der Waals surface area contributed by atoms with Crippen LogP contribution in [0.25, 0.3) is 0 Å². The summed E-state index contributed by atoms with van der Waals surface area (Å²) in [7, 11) is 3.97. The van der Waals surface area contributed by atoms with Gasteiger partial charge < -0.3 is 15.5 Å². The van der Waals surface area contributed by atoms with Gasteiger partial charge in [0.05, 0.1) is 0 Å². The van der Waals surface area contributed by atoms with E-state index in [0.717, 1.165) is 32.0 Å². The lowest BCUT2D eigenvalue weighted by Crippen LogP contribution is -2.41. The number of hydrogen-bond acceptors (Lipinski definition) is 2. The summed E-state index contributed by atoms with van der Waals surface area (Å²) in [5.41, 5.74) is 1.36. The van der Waals surface area contributed by atoms with Crippen molar-refractivity contribution in [1.29, 1.82) is 0 Å². The molecule has 0 radical (unpaired) electrons. The van der Waals surface area contributed by atoms with Gasteiger partial charge in [0.25, 0.3) is 0 Å². The predicted octanol–water partition coefficient (Wildman–Crippen LogP) is 2.70. The number of hydrogen-bond donors (Lipinski definition) is 2. The van der Waals surface area contributed by atoms with Crippen LogP contribution in [-0.2, 0) is 6.54 Å². The Kier molecular flexibility index (Phi) is 11.3. The van der Waals surface area contributed by atoms with Gasteiger partial charge in [-0.3, -0.25) is 4.99 Å². The fraction of sp³-hybridized carbons (Fsp3) is 0.562. The third kappa shape index (κ3) is 9.68. The van der Waals surface area contributed by atoms with Gasteiger partial charge in [0.2, 0.25) is 0 Å². The molecular weight excluding hydrogens is 375 g/mol. The molecule has 0 aliphatic heterocycles. The molecular formula is C16H29IN4. The van der Waals surface area contributed by atoms with Crippen LogP contribution in [0.2, 0.25) is 0 Å². The van der Waals surface area contributed by atoms with Gasteiger partial charge in [-0.15, -0.1) is 24.0 Å². The summed E-state index contributed by atoms with van der Waals surface area (Å²) >= 11 is 0. The van der Waals surface area contributed by atoms with E-state index in [4.69, 9.17) is 0 Å². The van der Waals surface area contributed by atoms with Gasteiger partial charge in [-0.2, -0.15) is 0 Å². The second-order valence-corrected chi connectivity index (χ2v) is 5.37. The molecule has 0 aliphatic carbocycles. The van der Waals surface area contributed by atoms with E-state index in [1.165, 1.54) is 5.56 Å². The standard InChI is InChI=1S/C16H28N4.HI/c1-14(2)19-16(17-3)18-11-8-12-20(4)13-15-9-6-5-7-10-15;/h5-7,9-10,14H,8,11-13H2,1-4H3,(H2,17,18,19);1H. The van der Waals surface area contributed by atoms with Gasteiger partial charge in [0.15, 0.2) is 5.96 Å². The average Bonchev–Trinajstić information content (AvgIpc) is 2.43. The number of aliphatic imine (C=N–C) groups is 1. The van der Waals surface area contributed by atoms with Gasteiger partial charge in [0, 0.05) is 26.2 Å². The smallest absolute Gasteiger partial charge is 0.191 e. The lowest BCUT2D eigenvalue weighted by atomic mass is 10.2. The highest BCUT2D eigenvalue weighted by molar-refractivity contribution is 14.0. The molecule has 0 saturated heterocycles. The summed E-state index contributed by atoms with van der Waals surface area (Å²) in [5, 5.41) is 6.61. The Labute approximate surface area is 146 Å². The molecule has 0 unspecified atom stereocenters. The molecule has 0 spiro atoms. The van der Waals surface area contributed by atoms with Crippen LogP contribution in [0.4, 0.5) is 0 Å². The van der Waals surface area contributed by atoms with Crippen molar-refractivity contribution in [3.05, 3.63) is 35.9 Å². The molecule has 0 bridgehead atoms. The average molecular weight is 404 g/mol. The first kappa shape index (κ1) is 20.2. The lowest BCUT2D eigenvalue weighted by Gasteiger charge is -2.18. The number of nitrogens with zero attached hydrogens (tertiary/aromatic N) is 2. The zero-order chi connectivity index (χ0) is 14.8. The largest absolute Gasteiger partial charge is 0.356 e.